The molecule has 0 amide bonds. The molecule has 0 atom stereocenters. The lowest BCUT2D eigenvalue weighted by Crippen LogP contribution is -2.52. The first kappa shape index (κ1) is 19.3. The Kier molecular flexibility index (Phi) is 7.58. The van der Waals surface area contributed by atoms with Crippen molar-refractivity contribution in [2.45, 2.75) is 25.7 Å². The molecule has 0 radical (unpaired) electrons. The molecule has 0 spiro atoms. The Labute approximate surface area is 161 Å². The maximum Gasteiger partial charge on any atom is 0.193 e. The fourth-order valence-corrected chi connectivity index (χ4v) is 3.16. The number of piperazine rings is 1. The van der Waals surface area contributed by atoms with Crippen molar-refractivity contribution in [2.75, 3.05) is 44.7 Å². The first-order valence-corrected chi connectivity index (χ1v) is 8.72. The van der Waals surface area contributed by atoms with Gasteiger partial charge in [-0.15, -0.1) is 24.0 Å². The highest BCUT2D eigenvalue weighted by Gasteiger charge is 2.21. The molecule has 0 unspecified atom stereocenters. The van der Waals surface area contributed by atoms with E-state index in [9.17, 15) is 4.39 Å². The maximum atomic E-state index is 13.0. The van der Waals surface area contributed by atoms with Crippen molar-refractivity contribution >= 4 is 35.6 Å². The number of guanidine groups is 1. The third-order valence-electron chi connectivity index (χ3n) is 4.75. The van der Waals surface area contributed by atoms with E-state index in [2.05, 4.69) is 20.1 Å². The number of benzene rings is 1. The lowest BCUT2D eigenvalue weighted by Gasteiger charge is -2.37. The van der Waals surface area contributed by atoms with Crippen LogP contribution in [0.4, 0.5) is 10.1 Å². The van der Waals surface area contributed by atoms with Gasteiger partial charge in [0.2, 0.25) is 0 Å². The van der Waals surface area contributed by atoms with E-state index in [4.69, 9.17) is 0 Å². The van der Waals surface area contributed by atoms with Gasteiger partial charge in [0.25, 0.3) is 0 Å². The zero-order valence-corrected chi connectivity index (χ0v) is 16.7. The molecular formula is C18H28FIN4. The molecule has 1 aliphatic heterocycles. The monoisotopic (exact) mass is 446 g/mol. The van der Waals surface area contributed by atoms with E-state index in [1.807, 2.05) is 19.2 Å². The van der Waals surface area contributed by atoms with Crippen LogP contribution in [0.2, 0.25) is 0 Å². The van der Waals surface area contributed by atoms with E-state index in [0.29, 0.717) is 0 Å². The average molecular weight is 446 g/mol. The summed E-state index contributed by atoms with van der Waals surface area (Å²) in [5, 5.41) is 3.49. The van der Waals surface area contributed by atoms with Gasteiger partial charge in [-0.05, 0) is 43.0 Å². The molecule has 1 N–H and O–H groups in total. The second-order valence-electron chi connectivity index (χ2n) is 6.51. The van der Waals surface area contributed by atoms with E-state index < -0.39 is 0 Å². The SMILES string of the molecule is CN=C(NCCCC1CC1)N1CCN(c2ccc(F)cc2)CC1.I. The van der Waals surface area contributed by atoms with Crippen LogP contribution in [0, 0.1) is 11.7 Å². The number of hydrogen-bond acceptors (Lipinski definition) is 2. The minimum atomic E-state index is -0.178. The van der Waals surface area contributed by atoms with Crippen LogP contribution in [0.5, 0.6) is 0 Å². The number of nitrogens with zero attached hydrogens (tertiary/aromatic N) is 3. The molecule has 1 aromatic carbocycles. The molecular weight excluding hydrogens is 418 g/mol. The minimum Gasteiger partial charge on any atom is -0.368 e. The first-order valence-electron chi connectivity index (χ1n) is 8.72. The van der Waals surface area contributed by atoms with Crippen molar-refractivity contribution in [1.82, 2.24) is 10.2 Å². The lowest BCUT2D eigenvalue weighted by atomic mass is 10.2. The minimum absolute atomic E-state index is 0. The van der Waals surface area contributed by atoms with Crippen LogP contribution in [0.1, 0.15) is 25.7 Å². The zero-order valence-electron chi connectivity index (χ0n) is 14.4. The van der Waals surface area contributed by atoms with Crippen molar-refractivity contribution in [3.63, 3.8) is 0 Å². The van der Waals surface area contributed by atoms with Gasteiger partial charge in [0.05, 0.1) is 0 Å². The predicted octanol–water partition coefficient (Wildman–Crippen LogP) is 3.33. The van der Waals surface area contributed by atoms with E-state index >= 15 is 0 Å². The van der Waals surface area contributed by atoms with Crippen molar-refractivity contribution in [1.29, 1.82) is 0 Å². The summed E-state index contributed by atoms with van der Waals surface area (Å²) in [5.74, 6) is 1.83. The van der Waals surface area contributed by atoms with Gasteiger partial charge < -0.3 is 15.1 Å². The number of aliphatic imine (C=N–C) groups is 1. The molecule has 134 valence electrons. The van der Waals surface area contributed by atoms with Gasteiger partial charge in [0.1, 0.15) is 5.82 Å². The van der Waals surface area contributed by atoms with Crippen LogP contribution in [-0.2, 0) is 0 Å². The molecule has 0 aromatic heterocycles. The number of anilines is 1. The topological polar surface area (TPSA) is 30.9 Å². The molecule has 1 saturated heterocycles. The quantitative estimate of drug-likeness (QED) is 0.326. The highest BCUT2D eigenvalue weighted by molar-refractivity contribution is 14.0. The molecule has 2 aliphatic rings. The largest absolute Gasteiger partial charge is 0.368 e. The predicted molar refractivity (Wildman–Crippen MR) is 109 cm³/mol. The van der Waals surface area contributed by atoms with E-state index in [1.54, 1.807) is 0 Å². The molecule has 2 fully saturated rings. The standard InChI is InChI=1S/C18H27FN4.HI/c1-20-18(21-10-2-3-15-4-5-15)23-13-11-22(12-14-23)17-8-6-16(19)7-9-17;/h6-9,15H,2-5,10-14H2,1H3,(H,20,21);1H. The molecule has 1 heterocycles. The molecule has 0 bridgehead atoms. The van der Waals surface area contributed by atoms with E-state index in [-0.39, 0.29) is 29.8 Å². The highest BCUT2D eigenvalue weighted by atomic mass is 127. The Morgan fingerprint density at radius 2 is 1.83 bits per heavy atom. The third-order valence-corrected chi connectivity index (χ3v) is 4.75. The maximum absolute atomic E-state index is 13.0. The third kappa shape index (κ3) is 5.50. The van der Waals surface area contributed by atoms with Gasteiger partial charge in [-0.25, -0.2) is 4.39 Å². The Hall–Kier alpha value is -1.05. The lowest BCUT2D eigenvalue weighted by molar-refractivity contribution is 0.372. The van der Waals surface area contributed by atoms with Crippen LogP contribution >= 0.6 is 24.0 Å². The molecule has 3 rings (SSSR count). The summed E-state index contributed by atoms with van der Waals surface area (Å²) in [5.41, 5.74) is 1.10. The van der Waals surface area contributed by atoms with Gasteiger partial charge in [-0.2, -0.15) is 0 Å². The van der Waals surface area contributed by atoms with E-state index in [1.165, 1.54) is 37.8 Å². The molecule has 1 aliphatic carbocycles. The first-order chi connectivity index (χ1) is 11.3. The second-order valence-corrected chi connectivity index (χ2v) is 6.51. The molecule has 1 aromatic rings. The smallest absolute Gasteiger partial charge is 0.193 e. The second kappa shape index (κ2) is 9.44. The van der Waals surface area contributed by atoms with Crippen LogP contribution in [0.15, 0.2) is 29.3 Å². The fraction of sp³-hybridized carbons (Fsp3) is 0.611. The number of hydrogen-bond donors (Lipinski definition) is 1. The van der Waals surface area contributed by atoms with Crippen molar-refractivity contribution < 1.29 is 4.39 Å². The zero-order chi connectivity index (χ0) is 16.1. The van der Waals surface area contributed by atoms with E-state index in [0.717, 1.165) is 50.3 Å². The van der Waals surface area contributed by atoms with Gasteiger partial charge in [-0.1, -0.05) is 12.8 Å². The molecule has 1 saturated carbocycles. The molecule has 24 heavy (non-hydrogen) atoms. The Morgan fingerprint density at radius 3 is 2.42 bits per heavy atom. The van der Waals surface area contributed by atoms with Crippen LogP contribution in [-0.4, -0.2) is 50.6 Å². The Balaban J connectivity index is 0.00000208. The van der Waals surface area contributed by atoms with Crippen LogP contribution in [0.3, 0.4) is 0 Å². The average Bonchev–Trinajstić information content (AvgIpc) is 3.40. The molecule has 4 nitrogen and oxygen atoms in total. The van der Waals surface area contributed by atoms with Crippen molar-refractivity contribution in [3.8, 4) is 0 Å². The van der Waals surface area contributed by atoms with Crippen LogP contribution in [0.25, 0.3) is 0 Å². The summed E-state index contributed by atoms with van der Waals surface area (Å²) in [6.07, 6.45) is 5.45. The van der Waals surface area contributed by atoms with Crippen molar-refractivity contribution in [3.05, 3.63) is 30.1 Å². The van der Waals surface area contributed by atoms with Gasteiger partial charge >= 0.3 is 0 Å². The molecule has 6 heteroatoms. The summed E-state index contributed by atoms with van der Waals surface area (Å²) in [7, 11) is 1.86. The number of rotatable bonds is 5. The van der Waals surface area contributed by atoms with Crippen molar-refractivity contribution in [2.24, 2.45) is 10.9 Å². The number of nitrogens with one attached hydrogen (secondary N) is 1. The number of halogens is 2. The summed E-state index contributed by atoms with van der Waals surface area (Å²) in [6, 6.07) is 6.77. The normalized spacial score (nSPS) is 18.3. The summed E-state index contributed by atoms with van der Waals surface area (Å²) < 4.78 is 13.0. The van der Waals surface area contributed by atoms with Gasteiger partial charge in [-0.3, -0.25) is 4.99 Å². The highest BCUT2D eigenvalue weighted by Crippen LogP contribution is 2.33. The van der Waals surface area contributed by atoms with Crippen LogP contribution < -0.4 is 10.2 Å². The summed E-state index contributed by atoms with van der Waals surface area (Å²) in [6.45, 7) is 4.78. The van der Waals surface area contributed by atoms with Gasteiger partial charge in [0.15, 0.2) is 5.96 Å². The summed E-state index contributed by atoms with van der Waals surface area (Å²) in [4.78, 5) is 9.04. The van der Waals surface area contributed by atoms with Gasteiger partial charge in [0, 0.05) is 45.5 Å². The Morgan fingerprint density at radius 1 is 1.17 bits per heavy atom. The summed E-state index contributed by atoms with van der Waals surface area (Å²) >= 11 is 0. The Bertz CT molecular complexity index is 522. The fourth-order valence-electron chi connectivity index (χ4n) is 3.16.